The van der Waals surface area contributed by atoms with E-state index in [0.29, 0.717) is 46.6 Å². The van der Waals surface area contributed by atoms with E-state index in [4.69, 9.17) is 9.47 Å². The van der Waals surface area contributed by atoms with Crippen LogP contribution in [0.2, 0.25) is 0 Å². The van der Waals surface area contributed by atoms with Gasteiger partial charge in [0.05, 0.1) is 0 Å². The predicted molar refractivity (Wildman–Crippen MR) is 208 cm³/mol. The maximum absolute atomic E-state index is 13.9. The lowest BCUT2D eigenvalue weighted by Gasteiger charge is -2.29. The van der Waals surface area contributed by atoms with Crippen molar-refractivity contribution in [1.82, 2.24) is 20.4 Å². The highest BCUT2D eigenvalue weighted by atomic mass is 33.1. The first-order valence-electron chi connectivity index (χ1n) is 17.8. The van der Waals surface area contributed by atoms with Crippen LogP contribution >= 0.6 is 21.6 Å². The molecule has 0 spiro atoms. The number of ether oxygens (including phenoxy) is 2. The van der Waals surface area contributed by atoms with Crippen molar-refractivity contribution < 1.29 is 38.2 Å². The number of benzene rings is 4. The molecule has 2 aliphatic rings. The number of carbonyl (C=O) groups is 6. The number of nitrogens with zero attached hydrogens (tertiary/aromatic N) is 2. The molecule has 4 aromatic rings. The summed E-state index contributed by atoms with van der Waals surface area (Å²) in [6, 6.07) is 34.5. The van der Waals surface area contributed by atoms with Crippen LogP contribution in [0.25, 0.3) is 0 Å². The minimum Gasteiger partial charge on any atom is -0.444 e. The van der Waals surface area contributed by atoms with Gasteiger partial charge < -0.3 is 20.1 Å². The van der Waals surface area contributed by atoms with E-state index in [2.05, 4.69) is 10.6 Å². The zero-order valence-corrected chi connectivity index (χ0v) is 31.7. The molecule has 0 radical (unpaired) electrons. The molecule has 2 heterocycles. The van der Waals surface area contributed by atoms with Crippen LogP contribution in [0.3, 0.4) is 0 Å². The maximum atomic E-state index is 13.9. The van der Waals surface area contributed by atoms with E-state index in [1.165, 1.54) is 28.5 Å². The van der Waals surface area contributed by atoms with Crippen LogP contribution in [0.15, 0.2) is 121 Å². The number of hydrogen-bond donors (Lipinski definition) is 2. The van der Waals surface area contributed by atoms with Crippen LogP contribution < -0.4 is 10.6 Å². The molecule has 0 aliphatic carbocycles. The molecule has 4 aromatic carbocycles. The first-order chi connectivity index (χ1) is 26.7. The minimum atomic E-state index is -1.45. The van der Waals surface area contributed by atoms with Gasteiger partial charge in [0, 0.05) is 24.3 Å². The summed E-state index contributed by atoms with van der Waals surface area (Å²) in [7, 11) is 3.08. The number of carbonyl (C=O) groups excluding carboxylic acids is 6. The Balaban J connectivity index is 0.894. The molecule has 0 bridgehead atoms. The van der Waals surface area contributed by atoms with Crippen LogP contribution in [0.4, 0.5) is 9.59 Å². The van der Waals surface area contributed by atoms with Crippen molar-refractivity contribution in [1.29, 1.82) is 0 Å². The molecular weight excluding hydrogens is 741 g/mol. The van der Waals surface area contributed by atoms with Crippen molar-refractivity contribution in [3.63, 3.8) is 0 Å². The normalized spacial score (nSPS) is 16.4. The summed E-state index contributed by atoms with van der Waals surface area (Å²) in [5, 5.41) is 5.68. The molecule has 12 nitrogen and oxygen atoms in total. The molecule has 6 rings (SSSR count). The zero-order valence-electron chi connectivity index (χ0n) is 30.1. The van der Waals surface area contributed by atoms with Crippen molar-refractivity contribution in [2.45, 2.75) is 49.9 Å². The van der Waals surface area contributed by atoms with Crippen LogP contribution in [0.5, 0.6) is 0 Å². The minimum absolute atomic E-state index is 0.0923. The van der Waals surface area contributed by atoms with Gasteiger partial charge >= 0.3 is 24.0 Å². The van der Waals surface area contributed by atoms with Crippen molar-refractivity contribution >= 4 is 57.4 Å². The third kappa shape index (κ3) is 8.25. The Morgan fingerprint density at radius 1 is 0.600 bits per heavy atom. The third-order valence-corrected chi connectivity index (χ3v) is 11.9. The second kappa shape index (κ2) is 17.7. The third-order valence-electron chi connectivity index (χ3n) is 9.31. The molecule has 2 saturated heterocycles. The van der Waals surface area contributed by atoms with Crippen LogP contribution in [-0.4, -0.2) is 70.1 Å². The predicted octanol–water partition coefficient (Wildman–Crippen LogP) is 6.31. The number of hydrogen-bond acceptors (Lipinski definition) is 10. The van der Waals surface area contributed by atoms with Gasteiger partial charge in [-0.25, -0.2) is 19.4 Å². The Labute approximate surface area is 326 Å². The monoisotopic (exact) mass is 780 g/mol. The second-order valence-electron chi connectivity index (χ2n) is 12.8. The van der Waals surface area contributed by atoms with Crippen molar-refractivity contribution in [3.05, 3.63) is 144 Å². The Hall–Kier alpha value is -5.60. The fraction of sp³-hybridized carbons (Fsp3) is 0.268. The molecule has 2 fully saturated rings. The van der Waals surface area contributed by atoms with Crippen molar-refractivity contribution in [2.24, 2.45) is 0 Å². The van der Waals surface area contributed by atoms with Crippen molar-refractivity contribution in [2.75, 3.05) is 18.2 Å². The van der Waals surface area contributed by atoms with Gasteiger partial charge in [-0.15, -0.1) is 0 Å². The summed E-state index contributed by atoms with van der Waals surface area (Å²) in [5.74, 6) is -0.871. The Morgan fingerprint density at radius 2 is 1.00 bits per heavy atom. The van der Waals surface area contributed by atoms with E-state index >= 15 is 0 Å². The number of nitrogens with one attached hydrogen (secondary N) is 2. The number of amides is 6. The largest absolute Gasteiger partial charge is 0.444 e. The SMILES string of the molecule is CC(OC(=O)CCCSSCCCC(=O)OCN1C(=O)NC(c2ccccc2)(c2ccccc2)C1=O)N1C(=O)NC(c2ccccc2)(c2ccccc2)C1=O. The average Bonchev–Trinajstić information content (AvgIpc) is 3.64. The fourth-order valence-corrected chi connectivity index (χ4v) is 8.79. The summed E-state index contributed by atoms with van der Waals surface area (Å²) >= 11 is 0. The highest BCUT2D eigenvalue weighted by Gasteiger charge is 2.56. The van der Waals surface area contributed by atoms with Crippen LogP contribution in [0.1, 0.15) is 54.9 Å². The first kappa shape index (κ1) is 39.1. The van der Waals surface area contributed by atoms with E-state index in [0.717, 1.165) is 9.80 Å². The van der Waals surface area contributed by atoms with Crippen LogP contribution in [-0.2, 0) is 39.7 Å². The summed E-state index contributed by atoms with van der Waals surface area (Å²) in [4.78, 5) is 80.9. The van der Waals surface area contributed by atoms with Gasteiger partial charge in [0.1, 0.15) is 0 Å². The number of urea groups is 2. The van der Waals surface area contributed by atoms with Gasteiger partial charge in [-0.05, 0) is 42.0 Å². The van der Waals surface area contributed by atoms with E-state index in [-0.39, 0.29) is 12.8 Å². The highest BCUT2D eigenvalue weighted by Crippen LogP contribution is 2.38. The first-order valence-corrected chi connectivity index (χ1v) is 20.3. The number of imide groups is 2. The Bertz CT molecular complexity index is 1930. The molecule has 2 N–H and O–H groups in total. The van der Waals surface area contributed by atoms with Crippen LogP contribution in [0, 0.1) is 0 Å². The molecule has 0 saturated carbocycles. The maximum Gasteiger partial charge on any atom is 0.328 e. The summed E-state index contributed by atoms with van der Waals surface area (Å²) in [6.45, 7) is 0.997. The lowest BCUT2D eigenvalue weighted by atomic mass is 9.82. The molecule has 284 valence electrons. The van der Waals surface area contributed by atoms with Gasteiger partial charge in [0.2, 0.25) is 0 Å². The summed E-state index contributed by atoms with van der Waals surface area (Å²) in [5.41, 5.74) is -0.516. The Morgan fingerprint density at radius 3 is 1.45 bits per heavy atom. The standard InChI is InChI=1S/C41H40N4O8S2/c1-29(45-37(49)41(43-39(45)51,32-20-10-4-11-21-32)33-22-12-5-13-23-33)53-35(47)25-15-27-55-54-26-14-24-34(46)52-28-44-36(48)40(42-38(44)50,30-16-6-2-7-17-30)31-18-8-3-9-19-31/h2-13,16-23,29H,14-15,24-28H2,1H3,(H,42,50)(H,43,51). The fourth-order valence-electron chi connectivity index (χ4n) is 6.62. The highest BCUT2D eigenvalue weighted by molar-refractivity contribution is 8.76. The second-order valence-corrected chi connectivity index (χ2v) is 15.5. The topological polar surface area (TPSA) is 151 Å². The lowest BCUT2D eigenvalue weighted by Crippen LogP contribution is -2.46. The quantitative estimate of drug-likeness (QED) is 0.0540. The number of esters is 2. The summed E-state index contributed by atoms with van der Waals surface area (Å²) in [6.07, 6.45) is 0.0813. The zero-order chi connectivity index (χ0) is 38.8. The molecule has 1 atom stereocenters. The Kier molecular flexibility index (Phi) is 12.6. The van der Waals surface area contributed by atoms with Gasteiger partial charge in [0.25, 0.3) is 11.8 Å². The lowest BCUT2D eigenvalue weighted by molar-refractivity contribution is -0.159. The molecule has 2 aliphatic heterocycles. The van der Waals surface area contributed by atoms with E-state index in [1.54, 1.807) is 97.1 Å². The number of rotatable bonds is 17. The van der Waals surface area contributed by atoms with Crippen molar-refractivity contribution in [3.8, 4) is 0 Å². The van der Waals surface area contributed by atoms with Gasteiger partial charge in [-0.1, -0.05) is 143 Å². The molecule has 6 amide bonds. The molecule has 1 unspecified atom stereocenters. The molecule has 55 heavy (non-hydrogen) atoms. The molecule has 14 heteroatoms. The average molecular weight is 781 g/mol. The van der Waals surface area contributed by atoms with E-state index in [1.807, 2.05) is 24.3 Å². The molecular formula is C41H40N4O8S2. The van der Waals surface area contributed by atoms with Gasteiger partial charge in [-0.3, -0.25) is 19.2 Å². The molecule has 0 aromatic heterocycles. The smallest absolute Gasteiger partial charge is 0.328 e. The van der Waals surface area contributed by atoms with E-state index < -0.39 is 59.9 Å². The van der Waals surface area contributed by atoms with Gasteiger partial charge in [-0.2, -0.15) is 0 Å². The summed E-state index contributed by atoms with van der Waals surface area (Å²) < 4.78 is 10.9. The van der Waals surface area contributed by atoms with E-state index in [9.17, 15) is 28.8 Å². The van der Waals surface area contributed by atoms with Gasteiger partial charge in [0.15, 0.2) is 24.0 Å².